The number of carbonyl (C=O) groups is 1. The number of Topliss-reactive ketones (excluding diaryl/α,β-unsaturated/α-hetero) is 1. The minimum atomic E-state index is -3.51. The predicted octanol–water partition coefficient (Wildman–Crippen LogP) is 4.09. The summed E-state index contributed by atoms with van der Waals surface area (Å²) in [6.45, 7) is 2.36. The molecule has 0 aliphatic carbocycles. The number of rotatable bonds is 10. The highest BCUT2D eigenvalue weighted by atomic mass is 35.5. The Labute approximate surface area is 209 Å². The van der Waals surface area contributed by atoms with Crippen LogP contribution in [0.3, 0.4) is 0 Å². The Hall–Kier alpha value is -2.29. The normalized spacial score (nSPS) is 15.8. The minimum Gasteiger partial charge on any atom is -0.496 e. The van der Waals surface area contributed by atoms with Crippen molar-refractivity contribution in [3.63, 3.8) is 0 Å². The van der Waals surface area contributed by atoms with Gasteiger partial charge in [0.15, 0.2) is 5.78 Å². The first-order valence-corrected chi connectivity index (χ1v) is 13.0. The van der Waals surface area contributed by atoms with Crippen LogP contribution in [0, 0.1) is 0 Å². The van der Waals surface area contributed by atoms with Crippen LogP contribution in [-0.2, 0) is 23.1 Å². The zero-order valence-electron chi connectivity index (χ0n) is 20.1. The van der Waals surface area contributed by atoms with Crippen molar-refractivity contribution in [2.24, 2.45) is 0 Å². The molecule has 0 saturated heterocycles. The SMILES string of the molecule is COc1ccccc1CCN(C)CCCCC(=O)c1cc2c3c(c1)N(C)S(=O)(=O)N3CCC2.Cl. The molecule has 0 bridgehead atoms. The summed E-state index contributed by atoms with van der Waals surface area (Å²) < 4.78 is 33.5. The Morgan fingerprint density at radius 3 is 2.68 bits per heavy atom. The number of carbonyl (C=O) groups excluding carboxylic acids is 1. The molecule has 0 atom stereocenters. The fourth-order valence-electron chi connectivity index (χ4n) is 4.73. The zero-order valence-corrected chi connectivity index (χ0v) is 21.8. The number of likely N-dealkylation sites (N-methyl/N-ethyl adjacent to an activating group) is 1. The van der Waals surface area contributed by atoms with Gasteiger partial charge >= 0.3 is 10.2 Å². The molecule has 4 rings (SSSR count). The van der Waals surface area contributed by atoms with E-state index in [1.165, 1.54) is 14.2 Å². The van der Waals surface area contributed by atoms with Gasteiger partial charge in [-0.1, -0.05) is 18.2 Å². The Morgan fingerprint density at radius 2 is 1.91 bits per heavy atom. The molecule has 2 aromatic rings. The maximum Gasteiger partial charge on any atom is 0.326 e. The van der Waals surface area contributed by atoms with Crippen LogP contribution < -0.4 is 13.3 Å². The van der Waals surface area contributed by atoms with Crippen LogP contribution in [0.1, 0.15) is 47.2 Å². The van der Waals surface area contributed by atoms with Crippen molar-refractivity contribution in [1.82, 2.24) is 4.90 Å². The topological polar surface area (TPSA) is 70.2 Å². The molecule has 2 aromatic carbocycles. The van der Waals surface area contributed by atoms with Crippen LogP contribution in [0.5, 0.6) is 5.75 Å². The smallest absolute Gasteiger partial charge is 0.326 e. The van der Waals surface area contributed by atoms with E-state index in [1.807, 2.05) is 24.3 Å². The van der Waals surface area contributed by atoms with Gasteiger partial charge in [-0.15, -0.1) is 12.4 Å². The van der Waals surface area contributed by atoms with Crippen molar-refractivity contribution in [3.05, 3.63) is 53.1 Å². The van der Waals surface area contributed by atoms with E-state index in [-0.39, 0.29) is 18.2 Å². The summed E-state index contributed by atoms with van der Waals surface area (Å²) in [5, 5.41) is 0. The van der Waals surface area contributed by atoms with E-state index in [2.05, 4.69) is 18.0 Å². The monoisotopic (exact) mass is 507 g/mol. The molecule has 9 heteroatoms. The average Bonchev–Trinajstić information content (AvgIpc) is 3.02. The lowest BCUT2D eigenvalue weighted by atomic mass is 9.96. The molecule has 34 heavy (non-hydrogen) atoms. The molecule has 0 saturated carbocycles. The van der Waals surface area contributed by atoms with Crippen molar-refractivity contribution in [2.75, 3.05) is 49.4 Å². The summed E-state index contributed by atoms with van der Waals surface area (Å²) in [6.07, 6.45) is 4.72. The quantitative estimate of drug-likeness (QED) is 0.358. The van der Waals surface area contributed by atoms with E-state index in [0.717, 1.165) is 62.2 Å². The number of methoxy groups -OCH3 is 1. The van der Waals surface area contributed by atoms with Gasteiger partial charge in [0, 0.05) is 32.1 Å². The van der Waals surface area contributed by atoms with E-state index in [4.69, 9.17) is 4.74 Å². The van der Waals surface area contributed by atoms with Gasteiger partial charge in [-0.2, -0.15) is 8.42 Å². The highest BCUT2D eigenvalue weighted by Gasteiger charge is 2.41. The second-order valence-electron chi connectivity index (χ2n) is 8.90. The molecule has 0 spiro atoms. The van der Waals surface area contributed by atoms with E-state index in [1.54, 1.807) is 20.2 Å². The zero-order chi connectivity index (χ0) is 23.6. The Bertz CT molecular complexity index is 1140. The van der Waals surface area contributed by atoms with Crippen LogP contribution in [0.4, 0.5) is 11.4 Å². The van der Waals surface area contributed by atoms with Crippen LogP contribution in [0.2, 0.25) is 0 Å². The van der Waals surface area contributed by atoms with Gasteiger partial charge in [0.2, 0.25) is 0 Å². The van der Waals surface area contributed by atoms with Crippen molar-refractivity contribution < 1.29 is 17.9 Å². The molecular weight excluding hydrogens is 474 g/mol. The van der Waals surface area contributed by atoms with Gasteiger partial charge in [0.25, 0.3) is 0 Å². The second kappa shape index (κ2) is 11.0. The highest BCUT2D eigenvalue weighted by Crippen LogP contribution is 2.46. The Kier molecular flexibility index (Phi) is 8.49. The molecule has 0 fully saturated rings. The lowest BCUT2D eigenvalue weighted by molar-refractivity contribution is 0.0978. The van der Waals surface area contributed by atoms with Crippen molar-refractivity contribution in [1.29, 1.82) is 0 Å². The number of hydrogen-bond donors (Lipinski definition) is 0. The van der Waals surface area contributed by atoms with Crippen LogP contribution in [0.25, 0.3) is 0 Å². The molecule has 0 unspecified atom stereocenters. The minimum absolute atomic E-state index is 0. The van der Waals surface area contributed by atoms with Crippen LogP contribution in [0.15, 0.2) is 36.4 Å². The van der Waals surface area contributed by atoms with Gasteiger partial charge in [-0.25, -0.2) is 0 Å². The number of hydrogen-bond acceptors (Lipinski definition) is 5. The van der Waals surface area contributed by atoms with Crippen molar-refractivity contribution in [2.45, 2.75) is 38.5 Å². The first-order chi connectivity index (χ1) is 15.8. The third kappa shape index (κ3) is 5.19. The largest absolute Gasteiger partial charge is 0.496 e. The first kappa shape index (κ1) is 26.3. The summed E-state index contributed by atoms with van der Waals surface area (Å²) in [5.74, 6) is 1.01. The summed E-state index contributed by atoms with van der Waals surface area (Å²) in [4.78, 5) is 15.2. The summed E-state index contributed by atoms with van der Waals surface area (Å²) in [5.41, 5.74) is 4.18. The number of nitrogens with zero attached hydrogens (tertiary/aromatic N) is 3. The van der Waals surface area contributed by atoms with Gasteiger partial charge in [0.05, 0.1) is 18.5 Å². The fraction of sp³-hybridized carbons (Fsp3) is 0.480. The Balaban J connectivity index is 0.00000324. The molecule has 2 heterocycles. The van der Waals surface area contributed by atoms with E-state index >= 15 is 0 Å². The number of aryl methyl sites for hydroxylation is 1. The van der Waals surface area contributed by atoms with E-state index in [0.29, 0.717) is 24.2 Å². The lowest BCUT2D eigenvalue weighted by Gasteiger charge is -2.24. The standard InChI is InChI=1S/C25H33N3O4S.ClH/c1-26(16-13-19-9-4-5-12-24(19)32-3)14-7-6-11-23(29)21-17-20-10-8-15-28-25(20)22(18-21)27(2)33(28,30)31;/h4-5,9,12,17-18H,6-8,10-11,13-16H2,1-3H3;1H. The lowest BCUT2D eigenvalue weighted by Crippen LogP contribution is -2.37. The molecule has 0 radical (unpaired) electrons. The number of halogens is 1. The number of benzene rings is 2. The van der Waals surface area contributed by atoms with Crippen molar-refractivity contribution in [3.8, 4) is 5.75 Å². The molecule has 186 valence electrons. The van der Waals surface area contributed by atoms with E-state index in [9.17, 15) is 13.2 Å². The molecular formula is C25H34ClN3O4S. The van der Waals surface area contributed by atoms with Crippen LogP contribution >= 0.6 is 12.4 Å². The molecule has 0 aromatic heterocycles. The third-order valence-electron chi connectivity index (χ3n) is 6.66. The summed E-state index contributed by atoms with van der Waals surface area (Å²) in [6, 6.07) is 11.7. The third-order valence-corrected chi connectivity index (χ3v) is 8.47. The highest BCUT2D eigenvalue weighted by molar-refractivity contribution is 7.94. The van der Waals surface area contributed by atoms with Gasteiger partial charge < -0.3 is 9.64 Å². The molecule has 7 nitrogen and oxygen atoms in total. The number of ketones is 1. The first-order valence-electron chi connectivity index (χ1n) is 11.6. The second-order valence-corrected chi connectivity index (χ2v) is 10.8. The van der Waals surface area contributed by atoms with Gasteiger partial charge in [-0.3, -0.25) is 13.4 Å². The average molecular weight is 508 g/mol. The number of anilines is 2. The molecule has 0 N–H and O–H groups in total. The maximum atomic E-state index is 12.9. The molecule has 0 amide bonds. The van der Waals surface area contributed by atoms with Crippen molar-refractivity contribution >= 4 is 39.8 Å². The molecule has 2 aliphatic heterocycles. The predicted molar refractivity (Wildman–Crippen MR) is 139 cm³/mol. The number of unbranched alkanes of at least 4 members (excludes halogenated alkanes) is 1. The van der Waals surface area contributed by atoms with Gasteiger partial charge in [-0.05, 0) is 75.0 Å². The number of para-hydroxylation sites is 1. The van der Waals surface area contributed by atoms with Crippen LogP contribution in [-0.4, -0.2) is 59.9 Å². The van der Waals surface area contributed by atoms with E-state index < -0.39 is 10.2 Å². The maximum absolute atomic E-state index is 12.9. The number of ether oxygens (including phenoxy) is 1. The summed E-state index contributed by atoms with van der Waals surface area (Å²) in [7, 11) is 1.86. The Morgan fingerprint density at radius 1 is 1.15 bits per heavy atom. The fourth-order valence-corrected chi connectivity index (χ4v) is 6.21. The molecule has 2 aliphatic rings. The summed E-state index contributed by atoms with van der Waals surface area (Å²) >= 11 is 0. The van der Waals surface area contributed by atoms with Gasteiger partial charge in [0.1, 0.15) is 5.75 Å².